The Balaban J connectivity index is 1.68. The first-order valence-corrected chi connectivity index (χ1v) is 8.12. The maximum atomic E-state index is 3.47. The van der Waals surface area contributed by atoms with Gasteiger partial charge in [-0.2, -0.15) is 0 Å². The monoisotopic (exact) mass is 296 g/mol. The van der Waals surface area contributed by atoms with Gasteiger partial charge in [-0.25, -0.2) is 0 Å². The molecule has 0 saturated carbocycles. The van der Waals surface area contributed by atoms with Crippen molar-refractivity contribution in [1.82, 2.24) is 9.97 Å². The quantitative estimate of drug-likeness (QED) is 0.502. The molecular weight excluding hydrogens is 284 g/mol. The number of thiophene rings is 2. The van der Waals surface area contributed by atoms with Gasteiger partial charge < -0.3 is 9.97 Å². The summed E-state index contributed by atoms with van der Waals surface area (Å²) in [4.78, 5) is 9.48. The molecule has 0 aliphatic heterocycles. The minimum Gasteiger partial charge on any atom is -0.353 e. The van der Waals surface area contributed by atoms with Gasteiger partial charge in [-0.3, -0.25) is 0 Å². The molecular formula is C16H12N2S2. The van der Waals surface area contributed by atoms with Crippen LogP contribution in [0.2, 0.25) is 0 Å². The van der Waals surface area contributed by atoms with Crippen LogP contribution in [-0.4, -0.2) is 9.97 Å². The van der Waals surface area contributed by atoms with Crippen LogP contribution in [0.25, 0.3) is 32.5 Å². The number of hydrogen-bond donors (Lipinski definition) is 2. The first kappa shape index (κ1) is 11.8. The van der Waals surface area contributed by atoms with Crippen molar-refractivity contribution in [1.29, 1.82) is 0 Å². The van der Waals surface area contributed by atoms with Crippen LogP contribution in [0.1, 0.15) is 0 Å². The SMILES string of the molecule is c1csc(-c2ccc(-c3ccc(-c4cccs4)[nH]3)[nH]2)c1. The molecule has 0 atom stereocenters. The molecule has 4 heteroatoms. The largest absolute Gasteiger partial charge is 0.353 e. The van der Waals surface area contributed by atoms with Gasteiger partial charge in [0.2, 0.25) is 0 Å². The van der Waals surface area contributed by atoms with Crippen LogP contribution in [0, 0.1) is 0 Å². The zero-order valence-corrected chi connectivity index (χ0v) is 12.2. The second-order valence-corrected chi connectivity index (χ2v) is 6.42. The Kier molecular flexibility index (Phi) is 2.83. The van der Waals surface area contributed by atoms with Crippen LogP contribution in [0.5, 0.6) is 0 Å². The highest BCUT2D eigenvalue weighted by atomic mass is 32.1. The molecule has 0 spiro atoms. The summed E-state index contributed by atoms with van der Waals surface area (Å²) < 4.78 is 0. The zero-order chi connectivity index (χ0) is 13.4. The number of aromatic nitrogens is 2. The van der Waals surface area contributed by atoms with E-state index in [9.17, 15) is 0 Å². The van der Waals surface area contributed by atoms with Crippen molar-refractivity contribution in [2.45, 2.75) is 0 Å². The number of rotatable bonds is 3. The van der Waals surface area contributed by atoms with E-state index in [1.807, 2.05) is 0 Å². The van der Waals surface area contributed by atoms with Crippen molar-refractivity contribution in [3.8, 4) is 32.5 Å². The van der Waals surface area contributed by atoms with Crippen LogP contribution in [0.4, 0.5) is 0 Å². The Morgan fingerprint density at radius 2 is 1.00 bits per heavy atom. The third kappa shape index (κ3) is 2.03. The molecule has 0 aliphatic rings. The normalized spacial score (nSPS) is 11.0. The summed E-state index contributed by atoms with van der Waals surface area (Å²) in [5, 5.41) is 4.19. The van der Waals surface area contributed by atoms with Gasteiger partial charge in [-0.15, -0.1) is 22.7 Å². The summed E-state index contributed by atoms with van der Waals surface area (Å²) >= 11 is 3.50. The average molecular weight is 296 g/mol. The van der Waals surface area contributed by atoms with Gasteiger partial charge in [0.15, 0.2) is 0 Å². The van der Waals surface area contributed by atoms with E-state index in [2.05, 4.69) is 69.3 Å². The predicted molar refractivity (Wildman–Crippen MR) is 87.2 cm³/mol. The van der Waals surface area contributed by atoms with Crippen LogP contribution in [0.15, 0.2) is 59.3 Å². The molecule has 4 rings (SSSR count). The van der Waals surface area contributed by atoms with Gasteiger partial charge in [0.05, 0.1) is 32.5 Å². The fourth-order valence-electron chi connectivity index (χ4n) is 2.26. The molecule has 0 saturated heterocycles. The molecule has 4 aromatic heterocycles. The van der Waals surface area contributed by atoms with Gasteiger partial charge >= 0.3 is 0 Å². The summed E-state index contributed by atoms with van der Waals surface area (Å²) in [5.74, 6) is 0. The van der Waals surface area contributed by atoms with Crippen LogP contribution in [-0.2, 0) is 0 Å². The fourth-order valence-corrected chi connectivity index (χ4v) is 3.67. The molecule has 0 aliphatic carbocycles. The van der Waals surface area contributed by atoms with Crippen molar-refractivity contribution in [3.63, 3.8) is 0 Å². The van der Waals surface area contributed by atoms with E-state index >= 15 is 0 Å². The van der Waals surface area contributed by atoms with E-state index in [4.69, 9.17) is 0 Å². The summed E-state index contributed by atoms with van der Waals surface area (Å²) in [5.41, 5.74) is 4.58. The Hall–Kier alpha value is -2.04. The van der Waals surface area contributed by atoms with Crippen molar-refractivity contribution in [2.75, 3.05) is 0 Å². The molecule has 4 heterocycles. The molecule has 0 bridgehead atoms. The lowest BCUT2D eigenvalue weighted by molar-refractivity contribution is 1.34. The van der Waals surface area contributed by atoms with Crippen molar-refractivity contribution in [3.05, 3.63) is 59.3 Å². The smallest absolute Gasteiger partial charge is 0.0624 e. The third-order valence-electron chi connectivity index (χ3n) is 3.24. The maximum absolute atomic E-state index is 3.47. The Morgan fingerprint density at radius 1 is 0.550 bits per heavy atom. The molecule has 0 amide bonds. The second-order valence-electron chi connectivity index (χ2n) is 4.53. The summed E-state index contributed by atoms with van der Waals surface area (Å²) in [6, 6.07) is 16.9. The number of hydrogen-bond acceptors (Lipinski definition) is 2. The Bertz CT molecular complexity index is 734. The summed E-state index contributed by atoms with van der Waals surface area (Å²) in [6.45, 7) is 0. The number of aromatic amines is 2. The minimum absolute atomic E-state index is 1.12. The van der Waals surface area contributed by atoms with Crippen LogP contribution >= 0.6 is 22.7 Å². The Morgan fingerprint density at radius 3 is 1.40 bits per heavy atom. The highest BCUT2D eigenvalue weighted by Gasteiger charge is 2.07. The first-order valence-electron chi connectivity index (χ1n) is 6.36. The highest BCUT2D eigenvalue weighted by molar-refractivity contribution is 7.13. The predicted octanol–water partition coefficient (Wildman–Crippen LogP) is 5.47. The van der Waals surface area contributed by atoms with E-state index in [-0.39, 0.29) is 0 Å². The molecule has 20 heavy (non-hydrogen) atoms. The van der Waals surface area contributed by atoms with Crippen LogP contribution in [0.3, 0.4) is 0 Å². The molecule has 98 valence electrons. The maximum Gasteiger partial charge on any atom is 0.0624 e. The topological polar surface area (TPSA) is 31.6 Å². The zero-order valence-electron chi connectivity index (χ0n) is 10.6. The number of H-pyrrole nitrogens is 2. The minimum atomic E-state index is 1.12. The van der Waals surface area contributed by atoms with Gasteiger partial charge in [0, 0.05) is 0 Å². The molecule has 0 aromatic carbocycles. The molecule has 2 N–H and O–H groups in total. The van der Waals surface area contributed by atoms with E-state index < -0.39 is 0 Å². The molecule has 0 fully saturated rings. The van der Waals surface area contributed by atoms with Gasteiger partial charge in [0.1, 0.15) is 0 Å². The first-order chi connectivity index (χ1) is 9.90. The van der Waals surface area contributed by atoms with E-state index in [1.54, 1.807) is 22.7 Å². The van der Waals surface area contributed by atoms with Gasteiger partial charge in [-0.05, 0) is 47.2 Å². The lowest BCUT2D eigenvalue weighted by Crippen LogP contribution is -1.78. The molecule has 0 unspecified atom stereocenters. The lowest BCUT2D eigenvalue weighted by Gasteiger charge is -1.95. The van der Waals surface area contributed by atoms with Gasteiger partial charge in [-0.1, -0.05) is 12.1 Å². The van der Waals surface area contributed by atoms with Crippen molar-refractivity contribution < 1.29 is 0 Å². The molecule has 0 radical (unpaired) electrons. The van der Waals surface area contributed by atoms with E-state index in [1.165, 1.54) is 21.1 Å². The lowest BCUT2D eigenvalue weighted by atomic mass is 10.3. The van der Waals surface area contributed by atoms with E-state index in [0.29, 0.717) is 0 Å². The molecule has 4 aromatic rings. The highest BCUT2D eigenvalue weighted by Crippen LogP contribution is 2.30. The summed E-state index contributed by atoms with van der Waals surface area (Å²) in [7, 11) is 0. The second kappa shape index (κ2) is 4.81. The summed E-state index contributed by atoms with van der Waals surface area (Å²) in [6.07, 6.45) is 0. The Labute approximate surface area is 124 Å². The van der Waals surface area contributed by atoms with Crippen molar-refractivity contribution >= 4 is 22.7 Å². The fraction of sp³-hybridized carbons (Fsp3) is 0. The van der Waals surface area contributed by atoms with Crippen molar-refractivity contribution in [2.24, 2.45) is 0 Å². The van der Waals surface area contributed by atoms with E-state index in [0.717, 1.165) is 11.4 Å². The number of nitrogens with one attached hydrogen (secondary N) is 2. The standard InChI is InChI=1S/C16H12N2S2/c1-3-15(19-9-1)13-7-5-11(17-13)12-6-8-14(18-12)16-4-2-10-20-16/h1-10,17-18H. The van der Waals surface area contributed by atoms with Gasteiger partial charge in [0.25, 0.3) is 0 Å². The third-order valence-corrected chi connectivity index (χ3v) is 5.04. The average Bonchev–Trinajstić information content (AvgIpc) is 3.22. The molecule has 2 nitrogen and oxygen atoms in total. The van der Waals surface area contributed by atoms with Crippen LogP contribution < -0.4 is 0 Å².